The van der Waals surface area contributed by atoms with Gasteiger partial charge < -0.3 is 9.80 Å². The molecule has 3 fully saturated rings. The van der Waals surface area contributed by atoms with Gasteiger partial charge in [0.1, 0.15) is 5.82 Å². The van der Waals surface area contributed by atoms with Crippen molar-refractivity contribution in [2.75, 3.05) is 26.2 Å². The Labute approximate surface area is 141 Å². The lowest BCUT2D eigenvalue weighted by Crippen LogP contribution is -2.50. The van der Waals surface area contributed by atoms with Crippen LogP contribution in [0.25, 0.3) is 0 Å². The fourth-order valence-corrected chi connectivity index (χ4v) is 4.14. The van der Waals surface area contributed by atoms with E-state index >= 15 is 0 Å². The van der Waals surface area contributed by atoms with Crippen LogP contribution in [-0.4, -0.2) is 47.8 Å². The average molecular weight is 330 g/mol. The standard InChI is InChI=1S/C19H23FN2O2/c20-16-6-4-15(5-7-16)17(23)22-11-9-19(13-22)8-1-10-21(18(19)24)12-14-2-3-14/h4-7,14H,1-3,8-13H2. The van der Waals surface area contributed by atoms with E-state index in [1.165, 1.54) is 37.1 Å². The summed E-state index contributed by atoms with van der Waals surface area (Å²) in [4.78, 5) is 29.4. The third-order valence-corrected chi connectivity index (χ3v) is 5.73. The van der Waals surface area contributed by atoms with Gasteiger partial charge >= 0.3 is 0 Å². The van der Waals surface area contributed by atoms with Gasteiger partial charge in [-0.3, -0.25) is 9.59 Å². The van der Waals surface area contributed by atoms with Gasteiger partial charge in [0.15, 0.2) is 0 Å². The molecule has 1 saturated carbocycles. The number of rotatable bonds is 3. The van der Waals surface area contributed by atoms with Gasteiger partial charge in [-0.15, -0.1) is 0 Å². The summed E-state index contributed by atoms with van der Waals surface area (Å²) in [6.07, 6.45) is 5.13. The molecule has 0 bridgehead atoms. The molecule has 0 N–H and O–H groups in total. The van der Waals surface area contributed by atoms with Crippen LogP contribution in [0.2, 0.25) is 0 Å². The maximum atomic E-state index is 13.0. The number of hydrogen-bond donors (Lipinski definition) is 0. The summed E-state index contributed by atoms with van der Waals surface area (Å²) in [5.74, 6) is 0.499. The highest BCUT2D eigenvalue weighted by atomic mass is 19.1. The number of piperidine rings is 1. The molecule has 2 saturated heterocycles. The minimum atomic E-state index is -0.386. The van der Waals surface area contributed by atoms with Gasteiger partial charge in [-0.1, -0.05) is 0 Å². The predicted octanol–water partition coefficient (Wildman–Crippen LogP) is 2.69. The third-order valence-electron chi connectivity index (χ3n) is 5.73. The largest absolute Gasteiger partial charge is 0.342 e. The molecule has 0 aromatic heterocycles. The Kier molecular flexibility index (Phi) is 3.82. The van der Waals surface area contributed by atoms with E-state index in [4.69, 9.17) is 0 Å². The number of carbonyl (C=O) groups excluding carboxylic acids is 2. The van der Waals surface area contributed by atoms with Crippen LogP contribution in [0.1, 0.15) is 42.5 Å². The lowest BCUT2D eigenvalue weighted by molar-refractivity contribution is -0.145. The molecule has 1 aliphatic carbocycles. The van der Waals surface area contributed by atoms with E-state index in [0.717, 1.165) is 32.4 Å². The smallest absolute Gasteiger partial charge is 0.253 e. The topological polar surface area (TPSA) is 40.6 Å². The number of nitrogens with zero attached hydrogens (tertiary/aromatic N) is 2. The summed E-state index contributed by atoms with van der Waals surface area (Å²) in [5, 5.41) is 0. The lowest BCUT2D eigenvalue weighted by atomic mass is 9.78. The first-order valence-electron chi connectivity index (χ1n) is 8.92. The minimum Gasteiger partial charge on any atom is -0.342 e. The highest BCUT2D eigenvalue weighted by molar-refractivity contribution is 5.95. The highest BCUT2D eigenvalue weighted by Crippen LogP contribution is 2.42. The average Bonchev–Trinajstić information content (AvgIpc) is 3.30. The van der Waals surface area contributed by atoms with Gasteiger partial charge in [-0.05, 0) is 62.3 Å². The Hall–Kier alpha value is -1.91. The van der Waals surface area contributed by atoms with Gasteiger partial charge in [0, 0.05) is 31.7 Å². The van der Waals surface area contributed by atoms with Crippen molar-refractivity contribution in [1.82, 2.24) is 9.80 Å². The van der Waals surface area contributed by atoms with Crippen LogP contribution >= 0.6 is 0 Å². The van der Waals surface area contributed by atoms with E-state index in [-0.39, 0.29) is 23.0 Å². The van der Waals surface area contributed by atoms with E-state index in [2.05, 4.69) is 0 Å². The Morgan fingerprint density at radius 2 is 1.92 bits per heavy atom. The van der Waals surface area contributed by atoms with Crippen molar-refractivity contribution < 1.29 is 14.0 Å². The molecular weight excluding hydrogens is 307 g/mol. The van der Waals surface area contributed by atoms with Crippen LogP contribution in [0.15, 0.2) is 24.3 Å². The molecule has 1 unspecified atom stereocenters. The van der Waals surface area contributed by atoms with Crippen LogP contribution < -0.4 is 0 Å². The van der Waals surface area contributed by atoms with Gasteiger partial charge in [0.05, 0.1) is 5.41 Å². The van der Waals surface area contributed by atoms with Crippen molar-refractivity contribution in [2.45, 2.75) is 32.1 Å². The first kappa shape index (κ1) is 15.6. The number of amides is 2. The summed E-state index contributed by atoms with van der Waals surface area (Å²) in [5.41, 5.74) is 0.106. The quantitative estimate of drug-likeness (QED) is 0.855. The van der Waals surface area contributed by atoms with Crippen LogP contribution in [0, 0.1) is 17.2 Å². The van der Waals surface area contributed by atoms with Crippen molar-refractivity contribution in [1.29, 1.82) is 0 Å². The fraction of sp³-hybridized carbons (Fsp3) is 0.579. The van der Waals surface area contributed by atoms with E-state index in [0.29, 0.717) is 24.6 Å². The Bertz CT molecular complexity index is 656. The van der Waals surface area contributed by atoms with Crippen molar-refractivity contribution in [3.05, 3.63) is 35.6 Å². The molecular formula is C19H23FN2O2. The van der Waals surface area contributed by atoms with Gasteiger partial charge in [0.2, 0.25) is 5.91 Å². The number of benzene rings is 1. The van der Waals surface area contributed by atoms with Crippen molar-refractivity contribution in [3.63, 3.8) is 0 Å². The zero-order valence-electron chi connectivity index (χ0n) is 13.8. The maximum absolute atomic E-state index is 13.0. The van der Waals surface area contributed by atoms with Crippen LogP contribution in [0.5, 0.6) is 0 Å². The van der Waals surface area contributed by atoms with E-state index in [1.807, 2.05) is 4.90 Å². The zero-order chi connectivity index (χ0) is 16.7. The second-order valence-electron chi connectivity index (χ2n) is 7.56. The lowest BCUT2D eigenvalue weighted by Gasteiger charge is -2.39. The predicted molar refractivity (Wildman–Crippen MR) is 87.9 cm³/mol. The molecule has 1 spiro atoms. The molecule has 2 heterocycles. The molecule has 3 aliphatic rings. The summed E-state index contributed by atoms with van der Waals surface area (Å²) < 4.78 is 13.0. The SMILES string of the molecule is O=C(c1ccc(F)cc1)N1CCC2(CCCN(CC3CC3)C2=O)C1. The summed E-state index contributed by atoms with van der Waals surface area (Å²) >= 11 is 0. The van der Waals surface area contributed by atoms with E-state index in [9.17, 15) is 14.0 Å². The summed E-state index contributed by atoms with van der Waals surface area (Å²) in [6, 6.07) is 5.65. The first-order chi connectivity index (χ1) is 11.6. The second kappa shape index (κ2) is 5.87. The molecule has 1 atom stereocenters. The Morgan fingerprint density at radius 1 is 1.17 bits per heavy atom. The molecule has 1 aromatic rings. The Morgan fingerprint density at radius 3 is 2.62 bits per heavy atom. The highest BCUT2D eigenvalue weighted by Gasteiger charge is 2.49. The third kappa shape index (κ3) is 2.80. The number of halogens is 1. The van der Waals surface area contributed by atoms with Gasteiger partial charge in [0.25, 0.3) is 5.91 Å². The summed E-state index contributed by atoms with van der Waals surface area (Å²) in [7, 11) is 0. The van der Waals surface area contributed by atoms with Crippen LogP contribution in [0.4, 0.5) is 4.39 Å². The van der Waals surface area contributed by atoms with Crippen molar-refractivity contribution in [3.8, 4) is 0 Å². The molecule has 5 heteroatoms. The number of carbonyl (C=O) groups is 2. The molecule has 2 amide bonds. The number of hydrogen-bond acceptors (Lipinski definition) is 2. The minimum absolute atomic E-state index is 0.0982. The van der Waals surface area contributed by atoms with Crippen molar-refractivity contribution >= 4 is 11.8 Å². The monoisotopic (exact) mass is 330 g/mol. The Balaban J connectivity index is 1.47. The van der Waals surface area contributed by atoms with E-state index in [1.54, 1.807) is 4.90 Å². The molecule has 0 radical (unpaired) electrons. The molecule has 2 aliphatic heterocycles. The van der Waals surface area contributed by atoms with Crippen LogP contribution in [-0.2, 0) is 4.79 Å². The van der Waals surface area contributed by atoms with Crippen LogP contribution in [0.3, 0.4) is 0 Å². The molecule has 1 aromatic carbocycles. The zero-order valence-corrected chi connectivity index (χ0v) is 13.8. The van der Waals surface area contributed by atoms with E-state index < -0.39 is 0 Å². The second-order valence-corrected chi connectivity index (χ2v) is 7.56. The molecule has 4 nitrogen and oxygen atoms in total. The van der Waals surface area contributed by atoms with Crippen molar-refractivity contribution in [2.24, 2.45) is 11.3 Å². The maximum Gasteiger partial charge on any atom is 0.253 e. The number of likely N-dealkylation sites (tertiary alicyclic amines) is 2. The van der Waals surface area contributed by atoms with Gasteiger partial charge in [-0.25, -0.2) is 4.39 Å². The molecule has 4 rings (SSSR count). The molecule has 128 valence electrons. The fourth-order valence-electron chi connectivity index (χ4n) is 4.14. The normalized spacial score (nSPS) is 27.1. The first-order valence-corrected chi connectivity index (χ1v) is 8.92. The molecule has 24 heavy (non-hydrogen) atoms. The van der Waals surface area contributed by atoms with Gasteiger partial charge in [-0.2, -0.15) is 0 Å². The summed E-state index contributed by atoms with van der Waals surface area (Å²) in [6.45, 7) is 2.87.